The van der Waals surface area contributed by atoms with Gasteiger partial charge < -0.3 is 4.90 Å². The molecular weight excluding hydrogens is 282 g/mol. The Kier molecular flexibility index (Phi) is 3.50. The van der Waals surface area contributed by atoms with Gasteiger partial charge in [0.15, 0.2) is 0 Å². The summed E-state index contributed by atoms with van der Waals surface area (Å²) in [4.78, 5) is 13.5. The summed E-state index contributed by atoms with van der Waals surface area (Å²) in [5, 5.41) is -0.183. The Balaban J connectivity index is 2.02. The van der Waals surface area contributed by atoms with E-state index >= 15 is 0 Å². The van der Waals surface area contributed by atoms with Crippen LogP contribution in [-0.2, 0) is 11.2 Å². The van der Waals surface area contributed by atoms with E-state index in [4.69, 9.17) is 11.6 Å². The number of likely N-dealkylation sites (N-methyl/N-ethyl adjacent to an activating group) is 1. The lowest BCUT2D eigenvalue weighted by Crippen LogP contribution is -2.20. The van der Waals surface area contributed by atoms with Crippen LogP contribution in [0, 0.1) is 13.8 Å². The molecule has 0 saturated heterocycles. The summed E-state index contributed by atoms with van der Waals surface area (Å²) in [5.74, 6) is 0.139. The largest absolute Gasteiger partial charge is 0.315 e. The number of nitrogens with zero attached hydrogens (tertiary/aromatic N) is 1. The number of amides is 1. The van der Waals surface area contributed by atoms with E-state index in [0.29, 0.717) is 6.42 Å². The SMILES string of the molecule is Cc1cccc(C)c1C(Cl)c1ccc2c(c1)CC(=O)N2C. The molecule has 1 heterocycles. The first kappa shape index (κ1) is 14.2. The van der Waals surface area contributed by atoms with Crippen LogP contribution in [-0.4, -0.2) is 13.0 Å². The van der Waals surface area contributed by atoms with Gasteiger partial charge in [0.2, 0.25) is 5.91 Å². The van der Waals surface area contributed by atoms with Gasteiger partial charge in [-0.3, -0.25) is 4.79 Å². The van der Waals surface area contributed by atoms with Gasteiger partial charge in [-0.2, -0.15) is 0 Å². The van der Waals surface area contributed by atoms with Crippen molar-refractivity contribution in [3.8, 4) is 0 Å². The molecule has 0 aromatic heterocycles. The van der Waals surface area contributed by atoms with Crippen molar-refractivity contribution in [3.05, 3.63) is 64.2 Å². The zero-order valence-electron chi connectivity index (χ0n) is 12.5. The highest BCUT2D eigenvalue weighted by molar-refractivity contribution is 6.23. The Labute approximate surface area is 130 Å². The van der Waals surface area contributed by atoms with Crippen LogP contribution < -0.4 is 4.90 Å². The monoisotopic (exact) mass is 299 g/mol. The Morgan fingerprint density at radius 1 is 1.14 bits per heavy atom. The summed E-state index contributed by atoms with van der Waals surface area (Å²) in [7, 11) is 1.82. The number of hydrogen-bond acceptors (Lipinski definition) is 1. The molecule has 0 spiro atoms. The van der Waals surface area contributed by atoms with Crippen LogP contribution in [0.2, 0.25) is 0 Å². The Morgan fingerprint density at radius 3 is 2.48 bits per heavy atom. The summed E-state index contributed by atoms with van der Waals surface area (Å²) in [6, 6.07) is 12.3. The Morgan fingerprint density at radius 2 is 1.81 bits per heavy atom. The maximum absolute atomic E-state index is 11.8. The molecule has 0 aliphatic carbocycles. The third-order valence-electron chi connectivity index (χ3n) is 4.27. The Bertz CT molecular complexity index is 703. The molecule has 1 unspecified atom stereocenters. The first-order valence-corrected chi connectivity index (χ1v) is 7.52. The van der Waals surface area contributed by atoms with E-state index in [2.05, 4.69) is 32.0 Å². The summed E-state index contributed by atoms with van der Waals surface area (Å²) < 4.78 is 0. The predicted octanol–water partition coefficient (Wildman–Crippen LogP) is 4.15. The van der Waals surface area contributed by atoms with Crippen LogP contribution in [0.1, 0.15) is 33.2 Å². The van der Waals surface area contributed by atoms with Crippen LogP contribution in [0.3, 0.4) is 0 Å². The molecule has 2 aromatic carbocycles. The van der Waals surface area contributed by atoms with E-state index in [-0.39, 0.29) is 11.3 Å². The van der Waals surface area contributed by atoms with Crippen LogP contribution in [0.15, 0.2) is 36.4 Å². The van der Waals surface area contributed by atoms with E-state index in [0.717, 1.165) is 22.4 Å². The van der Waals surface area contributed by atoms with Crippen molar-refractivity contribution < 1.29 is 4.79 Å². The van der Waals surface area contributed by atoms with Crippen molar-refractivity contribution in [3.63, 3.8) is 0 Å². The zero-order chi connectivity index (χ0) is 15.1. The van der Waals surface area contributed by atoms with Gasteiger partial charge in [-0.1, -0.05) is 30.3 Å². The van der Waals surface area contributed by atoms with E-state index in [1.54, 1.807) is 4.90 Å². The standard InChI is InChI=1S/C18H18ClNO/c1-11-5-4-6-12(2)17(11)18(19)13-7-8-15-14(9-13)10-16(21)20(15)3/h4-9,18H,10H2,1-3H3. The maximum Gasteiger partial charge on any atom is 0.231 e. The molecule has 1 aliphatic rings. The lowest BCUT2D eigenvalue weighted by molar-refractivity contribution is -0.117. The normalized spacial score (nSPS) is 15.2. The van der Waals surface area contributed by atoms with Gasteiger partial charge in [0, 0.05) is 12.7 Å². The quantitative estimate of drug-likeness (QED) is 0.763. The van der Waals surface area contributed by atoms with Crippen molar-refractivity contribution in [2.75, 3.05) is 11.9 Å². The lowest BCUT2D eigenvalue weighted by Gasteiger charge is -2.17. The zero-order valence-corrected chi connectivity index (χ0v) is 13.2. The summed E-state index contributed by atoms with van der Waals surface area (Å²) in [5.41, 5.74) is 6.67. The molecule has 2 nitrogen and oxygen atoms in total. The summed E-state index contributed by atoms with van der Waals surface area (Å²) >= 11 is 6.72. The second-order valence-corrected chi connectivity index (χ2v) is 6.12. The van der Waals surface area contributed by atoms with Crippen LogP contribution >= 0.6 is 11.6 Å². The van der Waals surface area contributed by atoms with Crippen molar-refractivity contribution in [1.82, 2.24) is 0 Å². The molecular formula is C18H18ClNO. The van der Waals surface area contributed by atoms with Gasteiger partial charge >= 0.3 is 0 Å². The number of aryl methyl sites for hydroxylation is 2. The fourth-order valence-electron chi connectivity index (χ4n) is 3.04. The number of hydrogen-bond donors (Lipinski definition) is 0. The van der Waals surface area contributed by atoms with E-state index in [1.165, 1.54) is 11.1 Å². The molecule has 1 atom stereocenters. The van der Waals surface area contributed by atoms with E-state index in [9.17, 15) is 4.79 Å². The molecule has 0 fully saturated rings. The van der Waals surface area contributed by atoms with Crippen LogP contribution in [0.5, 0.6) is 0 Å². The second-order valence-electron chi connectivity index (χ2n) is 5.69. The topological polar surface area (TPSA) is 20.3 Å². The number of carbonyl (C=O) groups is 1. The van der Waals surface area contributed by atoms with Crippen molar-refractivity contribution in [2.24, 2.45) is 0 Å². The minimum Gasteiger partial charge on any atom is -0.315 e. The fraction of sp³-hybridized carbons (Fsp3) is 0.278. The van der Waals surface area contributed by atoms with Crippen molar-refractivity contribution in [1.29, 1.82) is 0 Å². The molecule has 0 saturated carbocycles. The number of anilines is 1. The molecule has 21 heavy (non-hydrogen) atoms. The minimum atomic E-state index is -0.183. The third kappa shape index (κ3) is 2.34. The minimum absolute atomic E-state index is 0.139. The molecule has 0 bridgehead atoms. The number of carbonyl (C=O) groups excluding carboxylic acids is 1. The van der Waals surface area contributed by atoms with Crippen molar-refractivity contribution >= 4 is 23.2 Å². The number of rotatable bonds is 2. The summed E-state index contributed by atoms with van der Waals surface area (Å²) in [6.45, 7) is 4.17. The van der Waals surface area contributed by atoms with Crippen molar-refractivity contribution in [2.45, 2.75) is 25.6 Å². The second kappa shape index (κ2) is 5.19. The van der Waals surface area contributed by atoms with Crippen LogP contribution in [0.4, 0.5) is 5.69 Å². The first-order chi connectivity index (χ1) is 9.99. The van der Waals surface area contributed by atoms with Gasteiger partial charge in [-0.15, -0.1) is 11.6 Å². The fourth-order valence-corrected chi connectivity index (χ4v) is 3.52. The highest BCUT2D eigenvalue weighted by Crippen LogP contribution is 2.37. The van der Waals surface area contributed by atoms with Gasteiger partial charge in [-0.25, -0.2) is 0 Å². The molecule has 3 heteroatoms. The van der Waals surface area contributed by atoms with E-state index < -0.39 is 0 Å². The Hall–Kier alpha value is -1.80. The van der Waals surface area contributed by atoms with Gasteiger partial charge in [0.25, 0.3) is 0 Å². The first-order valence-electron chi connectivity index (χ1n) is 7.08. The smallest absolute Gasteiger partial charge is 0.231 e. The molecule has 108 valence electrons. The predicted molar refractivity (Wildman–Crippen MR) is 87.2 cm³/mol. The molecule has 0 radical (unpaired) electrons. The molecule has 0 N–H and O–H groups in total. The number of alkyl halides is 1. The average Bonchev–Trinajstić information content (AvgIpc) is 2.73. The molecule has 3 rings (SSSR count). The third-order valence-corrected chi connectivity index (χ3v) is 4.74. The highest BCUT2D eigenvalue weighted by atomic mass is 35.5. The van der Waals surface area contributed by atoms with Gasteiger partial charge in [0.1, 0.15) is 0 Å². The molecule has 1 aliphatic heterocycles. The number of halogens is 1. The van der Waals surface area contributed by atoms with E-state index in [1.807, 2.05) is 25.2 Å². The van der Waals surface area contributed by atoms with Gasteiger partial charge in [0.05, 0.1) is 11.8 Å². The number of benzene rings is 2. The molecule has 1 amide bonds. The highest BCUT2D eigenvalue weighted by Gasteiger charge is 2.25. The van der Waals surface area contributed by atoms with Crippen LogP contribution in [0.25, 0.3) is 0 Å². The summed E-state index contributed by atoms with van der Waals surface area (Å²) in [6.07, 6.45) is 0.468. The lowest BCUT2D eigenvalue weighted by atomic mass is 9.94. The van der Waals surface area contributed by atoms with Gasteiger partial charge in [-0.05, 0) is 47.7 Å². The average molecular weight is 300 g/mol. The molecule has 2 aromatic rings. The maximum atomic E-state index is 11.8. The number of fused-ring (bicyclic) bond motifs is 1.